The average Bonchev–Trinajstić information content (AvgIpc) is 3.14. The largest absolute Gasteiger partial charge is 0.506 e. The van der Waals surface area contributed by atoms with Crippen molar-refractivity contribution in [3.8, 4) is 0 Å². The van der Waals surface area contributed by atoms with Gasteiger partial charge in [0.05, 0.1) is 5.52 Å². The Morgan fingerprint density at radius 3 is 2.19 bits per heavy atom. The summed E-state index contributed by atoms with van der Waals surface area (Å²) in [6.45, 7) is 1.94. The summed E-state index contributed by atoms with van der Waals surface area (Å²) in [6, 6.07) is 19.7. The number of allylic oxidation sites excluding steroid dienone is 1. The number of hydrogen-bond acceptors (Lipinski definition) is 4. The summed E-state index contributed by atoms with van der Waals surface area (Å²) in [5, 5.41) is 10.9. The number of aromatic nitrogens is 3. The van der Waals surface area contributed by atoms with Crippen molar-refractivity contribution in [1.29, 1.82) is 0 Å². The normalized spacial score (nSPS) is 12.0. The summed E-state index contributed by atoms with van der Waals surface area (Å²) >= 11 is 0. The number of ketones is 1. The summed E-state index contributed by atoms with van der Waals surface area (Å²) in [7, 11) is 0. The standard InChI is InChI=1S/C22H17N3O2/c1-14-12-13-23-22-18(14)24-21(25-22)17(19(26)15-8-4-2-5-9-15)20(27)16-10-6-3-7-11-16/h2-13,26H,1H3,(H,23,24,25)/b19-17-. The van der Waals surface area contributed by atoms with Gasteiger partial charge in [-0.1, -0.05) is 60.7 Å². The molecule has 0 fully saturated rings. The molecule has 0 aliphatic rings. The molecule has 132 valence electrons. The first-order valence-electron chi connectivity index (χ1n) is 8.55. The Hall–Kier alpha value is -3.73. The number of benzene rings is 2. The van der Waals surface area contributed by atoms with Crippen molar-refractivity contribution < 1.29 is 9.90 Å². The Morgan fingerprint density at radius 1 is 0.926 bits per heavy atom. The van der Waals surface area contributed by atoms with E-state index in [0.717, 1.165) is 11.1 Å². The molecule has 0 radical (unpaired) electrons. The van der Waals surface area contributed by atoms with Crippen molar-refractivity contribution in [2.75, 3.05) is 0 Å². The summed E-state index contributed by atoms with van der Waals surface area (Å²) in [6.07, 6.45) is 1.67. The van der Waals surface area contributed by atoms with E-state index in [2.05, 4.69) is 15.0 Å². The lowest BCUT2D eigenvalue weighted by Crippen LogP contribution is -2.07. The molecule has 0 spiro atoms. The molecule has 2 heterocycles. The first-order valence-corrected chi connectivity index (χ1v) is 8.55. The molecule has 0 saturated heterocycles. The summed E-state index contributed by atoms with van der Waals surface area (Å²) in [5.74, 6) is -0.142. The Balaban J connectivity index is 1.95. The highest BCUT2D eigenvalue weighted by atomic mass is 16.3. The number of hydrogen-bond donors (Lipinski definition) is 2. The molecular formula is C22H17N3O2. The molecule has 5 nitrogen and oxygen atoms in total. The molecule has 2 aromatic carbocycles. The number of Topliss-reactive ketones (excluding diaryl/α,β-unsaturated/α-hetero) is 1. The predicted molar refractivity (Wildman–Crippen MR) is 105 cm³/mol. The van der Waals surface area contributed by atoms with Gasteiger partial charge in [0.15, 0.2) is 5.65 Å². The number of nitrogens with one attached hydrogen (secondary N) is 1. The first-order chi connectivity index (χ1) is 13.1. The van der Waals surface area contributed by atoms with E-state index in [1.54, 1.807) is 54.7 Å². The van der Waals surface area contributed by atoms with E-state index < -0.39 is 0 Å². The van der Waals surface area contributed by atoms with E-state index in [9.17, 15) is 9.90 Å². The van der Waals surface area contributed by atoms with Gasteiger partial charge < -0.3 is 10.1 Å². The van der Waals surface area contributed by atoms with Crippen LogP contribution in [0.1, 0.15) is 27.3 Å². The van der Waals surface area contributed by atoms with Crippen LogP contribution in [-0.4, -0.2) is 25.8 Å². The third-order valence-corrected chi connectivity index (χ3v) is 4.38. The Bertz CT molecular complexity index is 1150. The van der Waals surface area contributed by atoms with Crippen LogP contribution in [0.2, 0.25) is 0 Å². The van der Waals surface area contributed by atoms with E-state index in [-0.39, 0.29) is 17.1 Å². The van der Waals surface area contributed by atoms with Gasteiger partial charge in [0.2, 0.25) is 5.78 Å². The highest BCUT2D eigenvalue weighted by Gasteiger charge is 2.24. The quantitative estimate of drug-likeness (QED) is 0.319. The first kappa shape index (κ1) is 16.7. The van der Waals surface area contributed by atoms with Crippen LogP contribution in [0, 0.1) is 6.92 Å². The number of carbonyl (C=O) groups is 1. The van der Waals surface area contributed by atoms with E-state index in [1.165, 1.54) is 0 Å². The Labute approximate surface area is 156 Å². The van der Waals surface area contributed by atoms with Crippen molar-refractivity contribution in [2.45, 2.75) is 6.92 Å². The molecular weight excluding hydrogens is 338 g/mol. The highest BCUT2D eigenvalue weighted by Crippen LogP contribution is 2.28. The fourth-order valence-electron chi connectivity index (χ4n) is 2.96. The Kier molecular flexibility index (Phi) is 4.26. The van der Waals surface area contributed by atoms with Crippen molar-refractivity contribution in [3.63, 3.8) is 0 Å². The van der Waals surface area contributed by atoms with Crippen LogP contribution < -0.4 is 0 Å². The number of pyridine rings is 1. The lowest BCUT2D eigenvalue weighted by atomic mass is 9.99. The number of imidazole rings is 1. The monoisotopic (exact) mass is 355 g/mol. The smallest absolute Gasteiger partial charge is 0.200 e. The average molecular weight is 355 g/mol. The predicted octanol–water partition coefficient (Wildman–Crippen LogP) is 4.58. The lowest BCUT2D eigenvalue weighted by Gasteiger charge is -2.09. The lowest BCUT2D eigenvalue weighted by molar-refractivity contribution is 0.105. The van der Waals surface area contributed by atoms with Crippen molar-refractivity contribution >= 4 is 28.3 Å². The zero-order valence-corrected chi connectivity index (χ0v) is 14.7. The minimum atomic E-state index is -0.311. The van der Waals surface area contributed by atoms with Crippen LogP contribution in [0.5, 0.6) is 0 Å². The van der Waals surface area contributed by atoms with Crippen molar-refractivity contribution in [1.82, 2.24) is 15.0 Å². The van der Waals surface area contributed by atoms with Gasteiger partial charge in [-0.05, 0) is 18.6 Å². The van der Waals surface area contributed by atoms with Gasteiger partial charge in [0.1, 0.15) is 17.2 Å². The Morgan fingerprint density at radius 2 is 1.56 bits per heavy atom. The second-order valence-corrected chi connectivity index (χ2v) is 6.20. The third kappa shape index (κ3) is 3.11. The van der Waals surface area contributed by atoms with Crippen LogP contribution >= 0.6 is 0 Å². The molecule has 0 aliphatic carbocycles. The van der Waals surface area contributed by atoms with Crippen molar-refractivity contribution in [3.05, 3.63) is 95.4 Å². The maximum Gasteiger partial charge on any atom is 0.200 e. The molecule has 2 aromatic heterocycles. The van der Waals surface area contributed by atoms with Gasteiger partial charge in [0.25, 0.3) is 0 Å². The van der Waals surface area contributed by atoms with Crippen LogP contribution in [-0.2, 0) is 0 Å². The fourth-order valence-corrected chi connectivity index (χ4v) is 2.96. The van der Waals surface area contributed by atoms with Crippen LogP contribution in [0.15, 0.2) is 72.9 Å². The number of rotatable bonds is 4. The minimum Gasteiger partial charge on any atom is -0.506 e. The van der Waals surface area contributed by atoms with Crippen LogP contribution in [0.25, 0.3) is 22.5 Å². The summed E-state index contributed by atoms with van der Waals surface area (Å²) in [4.78, 5) is 25.1. The minimum absolute atomic E-state index is 0.116. The number of aryl methyl sites for hydroxylation is 1. The van der Waals surface area contributed by atoms with E-state index >= 15 is 0 Å². The van der Waals surface area contributed by atoms with Gasteiger partial charge in [-0.15, -0.1) is 0 Å². The molecule has 4 rings (SSSR count). The number of fused-ring (bicyclic) bond motifs is 1. The van der Waals surface area contributed by atoms with E-state index in [4.69, 9.17) is 0 Å². The number of aromatic amines is 1. The molecule has 0 unspecified atom stereocenters. The van der Waals surface area contributed by atoms with Gasteiger partial charge in [0, 0.05) is 17.3 Å². The molecule has 0 bridgehead atoms. The molecule has 5 heteroatoms. The number of aliphatic hydroxyl groups excluding tert-OH is 1. The van der Waals surface area contributed by atoms with Gasteiger partial charge >= 0.3 is 0 Å². The van der Waals surface area contributed by atoms with Crippen LogP contribution in [0.3, 0.4) is 0 Å². The molecule has 4 aromatic rings. The van der Waals surface area contributed by atoms with Gasteiger partial charge in [-0.2, -0.15) is 0 Å². The van der Waals surface area contributed by atoms with E-state index in [0.29, 0.717) is 22.6 Å². The van der Waals surface area contributed by atoms with Crippen molar-refractivity contribution in [2.24, 2.45) is 0 Å². The number of aliphatic hydroxyl groups is 1. The summed E-state index contributed by atoms with van der Waals surface area (Å²) in [5.41, 5.74) is 3.34. The van der Waals surface area contributed by atoms with Crippen LogP contribution in [0.4, 0.5) is 0 Å². The third-order valence-electron chi connectivity index (χ3n) is 4.38. The topological polar surface area (TPSA) is 78.9 Å². The highest BCUT2D eigenvalue weighted by molar-refractivity contribution is 6.33. The second-order valence-electron chi connectivity index (χ2n) is 6.20. The molecule has 27 heavy (non-hydrogen) atoms. The van der Waals surface area contributed by atoms with E-state index in [1.807, 2.05) is 25.1 Å². The van der Waals surface area contributed by atoms with Gasteiger partial charge in [-0.3, -0.25) is 4.79 Å². The maximum absolute atomic E-state index is 13.2. The molecule has 0 saturated carbocycles. The molecule has 0 amide bonds. The number of H-pyrrole nitrogens is 1. The fraction of sp³-hybridized carbons (Fsp3) is 0.0455. The SMILES string of the molecule is Cc1ccnc2nc(/C(C(=O)c3ccccc3)=C(\O)c3ccccc3)[nH]c12. The molecule has 2 N–H and O–H groups in total. The zero-order chi connectivity index (χ0) is 18.8. The molecule has 0 aliphatic heterocycles. The zero-order valence-electron chi connectivity index (χ0n) is 14.7. The maximum atomic E-state index is 13.2. The summed E-state index contributed by atoms with van der Waals surface area (Å²) < 4.78 is 0. The van der Waals surface area contributed by atoms with Gasteiger partial charge in [-0.25, -0.2) is 9.97 Å². The second kappa shape index (κ2) is 6.88. The number of carbonyl (C=O) groups excluding carboxylic acids is 1. The number of nitrogens with zero attached hydrogens (tertiary/aromatic N) is 2. The molecule has 0 atom stereocenters.